The number of rotatable bonds is 8. The summed E-state index contributed by atoms with van der Waals surface area (Å²) < 4.78 is 32.6. The number of benzene rings is 2. The Morgan fingerprint density at radius 3 is 2.60 bits per heavy atom. The van der Waals surface area contributed by atoms with Crippen LogP contribution in [0, 0.1) is 0 Å². The molecule has 0 atom stereocenters. The molecule has 0 aliphatic heterocycles. The van der Waals surface area contributed by atoms with Gasteiger partial charge in [0.1, 0.15) is 12.3 Å². The van der Waals surface area contributed by atoms with Gasteiger partial charge in [-0.1, -0.05) is 35.9 Å². The first-order valence-electron chi connectivity index (χ1n) is 8.68. The molecule has 0 fully saturated rings. The number of hydrazone groups is 1. The van der Waals surface area contributed by atoms with Gasteiger partial charge in [-0.3, -0.25) is 9.10 Å². The molecule has 1 amide bonds. The molecule has 156 valence electrons. The number of nitrogens with one attached hydrogen (secondary N) is 1. The molecule has 1 aromatic heterocycles. The molecule has 0 aliphatic carbocycles. The molecule has 3 rings (SSSR count). The number of amides is 1. The summed E-state index contributed by atoms with van der Waals surface area (Å²) >= 11 is 7.64. The Labute approximate surface area is 183 Å². The standard InChI is InChI=1S/C20H18ClN3O4S2/c1-28-19-10-9-15(12-18(19)21)24(30(26,27)17-7-3-2-4-8-17)14-20(25)23-22-13-16-6-5-11-29-16/h2-13H,14H2,1H3,(H,23,25). The number of carbonyl (C=O) groups excluding carboxylic acids is 1. The maximum Gasteiger partial charge on any atom is 0.264 e. The fraction of sp³-hybridized carbons (Fsp3) is 0.100. The van der Waals surface area contributed by atoms with Crippen molar-refractivity contribution in [3.05, 3.63) is 75.9 Å². The first-order valence-corrected chi connectivity index (χ1v) is 11.4. The molecule has 0 aliphatic rings. The van der Waals surface area contributed by atoms with E-state index in [1.165, 1.54) is 55.0 Å². The molecule has 1 N–H and O–H groups in total. The summed E-state index contributed by atoms with van der Waals surface area (Å²) in [5.41, 5.74) is 2.58. The van der Waals surface area contributed by atoms with Crippen LogP contribution in [0.2, 0.25) is 5.02 Å². The van der Waals surface area contributed by atoms with Crippen LogP contribution < -0.4 is 14.5 Å². The van der Waals surface area contributed by atoms with Crippen molar-refractivity contribution < 1.29 is 17.9 Å². The van der Waals surface area contributed by atoms with E-state index >= 15 is 0 Å². The highest BCUT2D eigenvalue weighted by molar-refractivity contribution is 7.92. The van der Waals surface area contributed by atoms with Crippen molar-refractivity contribution in [3.8, 4) is 5.75 Å². The van der Waals surface area contributed by atoms with Gasteiger partial charge in [0.05, 0.1) is 28.9 Å². The second kappa shape index (κ2) is 9.75. The number of hydrogen-bond donors (Lipinski definition) is 1. The van der Waals surface area contributed by atoms with Crippen molar-refractivity contribution in [1.29, 1.82) is 0 Å². The maximum atomic E-state index is 13.2. The monoisotopic (exact) mass is 463 g/mol. The molecule has 0 radical (unpaired) electrons. The van der Waals surface area contributed by atoms with E-state index in [1.807, 2.05) is 17.5 Å². The Hall–Kier alpha value is -2.88. The first kappa shape index (κ1) is 21.8. The minimum atomic E-state index is -4.03. The topological polar surface area (TPSA) is 88.1 Å². The predicted molar refractivity (Wildman–Crippen MR) is 119 cm³/mol. The van der Waals surface area contributed by atoms with Crippen LogP contribution in [0.4, 0.5) is 5.69 Å². The zero-order valence-electron chi connectivity index (χ0n) is 15.9. The summed E-state index contributed by atoms with van der Waals surface area (Å²) in [7, 11) is -2.57. The third-order valence-corrected chi connectivity index (χ3v) is 6.86. The van der Waals surface area contributed by atoms with Crippen LogP contribution in [0.25, 0.3) is 0 Å². The Kier molecular flexibility index (Phi) is 7.09. The lowest BCUT2D eigenvalue weighted by Gasteiger charge is -2.24. The van der Waals surface area contributed by atoms with Gasteiger partial charge in [-0.2, -0.15) is 5.10 Å². The van der Waals surface area contributed by atoms with E-state index in [4.69, 9.17) is 16.3 Å². The van der Waals surface area contributed by atoms with Crippen LogP contribution in [0.3, 0.4) is 0 Å². The molecule has 7 nitrogen and oxygen atoms in total. The third-order valence-electron chi connectivity index (χ3n) is 3.97. The number of anilines is 1. The van der Waals surface area contributed by atoms with Crippen LogP contribution in [0.15, 0.2) is 76.0 Å². The number of sulfonamides is 1. The van der Waals surface area contributed by atoms with E-state index in [0.29, 0.717) is 5.75 Å². The first-order chi connectivity index (χ1) is 14.4. The second-order valence-corrected chi connectivity index (χ2v) is 9.20. The molecule has 0 spiro atoms. The van der Waals surface area contributed by atoms with Gasteiger partial charge in [0.25, 0.3) is 15.9 Å². The van der Waals surface area contributed by atoms with Gasteiger partial charge in [-0.15, -0.1) is 11.3 Å². The summed E-state index contributed by atoms with van der Waals surface area (Å²) in [5, 5.41) is 5.98. The molecule has 10 heteroatoms. The van der Waals surface area contributed by atoms with Gasteiger partial charge in [0, 0.05) is 4.88 Å². The Morgan fingerprint density at radius 1 is 1.20 bits per heavy atom. The van der Waals surface area contributed by atoms with Crippen molar-refractivity contribution in [2.75, 3.05) is 18.0 Å². The second-order valence-electron chi connectivity index (χ2n) is 5.95. The van der Waals surface area contributed by atoms with Crippen LogP contribution in [-0.2, 0) is 14.8 Å². The van der Waals surface area contributed by atoms with E-state index in [2.05, 4.69) is 10.5 Å². The van der Waals surface area contributed by atoms with E-state index in [1.54, 1.807) is 18.2 Å². The molecular weight excluding hydrogens is 446 g/mol. The molecule has 3 aromatic rings. The third kappa shape index (κ3) is 5.18. The van der Waals surface area contributed by atoms with E-state index in [-0.39, 0.29) is 15.6 Å². The smallest absolute Gasteiger partial charge is 0.264 e. The van der Waals surface area contributed by atoms with Crippen molar-refractivity contribution in [1.82, 2.24) is 5.43 Å². The molecular formula is C20H18ClN3O4S2. The highest BCUT2D eigenvalue weighted by atomic mass is 35.5. The van der Waals surface area contributed by atoms with E-state index in [0.717, 1.165) is 9.18 Å². The largest absolute Gasteiger partial charge is 0.495 e. The van der Waals surface area contributed by atoms with Crippen molar-refractivity contribution >= 4 is 50.8 Å². The summed E-state index contributed by atoms with van der Waals surface area (Å²) in [6, 6.07) is 16.0. The molecule has 0 unspecified atom stereocenters. The normalized spacial score (nSPS) is 11.4. The van der Waals surface area contributed by atoms with Crippen molar-refractivity contribution in [2.24, 2.45) is 5.10 Å². The summed E-state index contributed by atoms with van der Waals surface area (Å²) in [4.78, 5) is 13.4. The number of halogens is 1. The van der Waals surface area contributed by atoms with Gasteiger partial charge in [0.15, 0.2) is 0 Å². The Balaban J connectivity index is 1.89. The van der Waals surface area contributed by atoms with Crippen LogP contribution >= 0.6 is 22.9 Å². The van der Waals surface area contributed by atoms with Gasteiger partial charge < -0.3 is 4.74 Å². The number of hydrogen-bond acceptors (Lipinski definition) is 6. The number of thiophene rings is 1. The van der Waals surface area contributed by atoms with Gasteiger partial charge in [-0.05, 0) is 41.8 Å². The molecule has 0 saturated heterocycles. The average Bonchev–Trinajstić information content (AvgIpc) is 3.26. The van der Waals surface area contributed by atoms with Crippen molar-refractivity contribution in [3.63, 3.8) is 0 Å². The van der Waals surface area contributed by atoms with Gasteiger partial charge >= 0.3 is 0 Å². The zero-order chi connectivity index (χ0) is 21.6. The summed E-state index contributed by atoms with van der Waals surface area (Å²) in [6.45, 7) is -0.484. The maximum absolute atomic E-state index is 13.2. The number of carbonyl (C=O) groups is 1. The lowest BCUT2D eigenvalue weighted by molar-refractivity contribution is -0.119. The minimum Gasteiger partial charge on any atom is -0.495 e. The molecule has 30 heavy (non-hydrogen) atoms. The van der Waals surface area contributed by atoms with Crippen LogP contribution in [-0.4, -0.2) is 34.2 Å². The lowest BCUT2D eigenvalue weighted by Crippen LogP contribution is -2.39. The van der Waals surface area contributed by atoms with Crippen LogP contribution in [0.1, 0.15) is 4.88 Å². The van der Waals surface area contributed by atoms with Gasteiger partial charge in [0.2, 0.25) is 0 Å². The SMILES string of the molecule is COc1ccc(N(CC(=O)NN=Cc2cccs2)S(=O)(=O)c2ccccc2)cc1Cl. The fourth-order valence-electron chi connectivity index (χ4n) is 2.54. The minimum absolute atomic E-state index is 0.0480. The van der Waals surface area contributed by atoms with E-state index in [9.17, 15) is 13.2 Å². The Bertz CT molecular complexity index is 1130. The summed E-state index contributed by atoms with van der Waals surface area (Å²) in [6.07, 6.45) is 1.49. The predicted octanol–water partition coefficient (Wildman–Crippen LogP) is 3.76. The molecule has 1 heterocycles. The highest BCUT2D eigenvalue weighted by Gasteiger charge is 2.27. The van der Waals surface area contributed by atoms with Crippen molar-refractivity contribution in [2.45, 2.75) is 4.90 Å². The Morgan fingerprint density at radius 2 is 1.97 bits per heavy atom. The lowest BCUT2D eigenvalue weighted by atomic mass is 10.3. The quantitative estimate of drug-likeness (QED) is 0.407. The molecule has 2 aromatic carbocycles. The zero-order valence-corrected chi connectivity index (χ0v) is 18.2. The fourth-order valence-corrected chi connectivity index (χ4v) is 4.81. The average molecular weight is 464 g/mol. The number of ether oxygens (including phenoxy) is 1. The molecule has 0 bridgehead atoms. The van der Waals surface area contributed by atoms with E-state index < -0.39 is 22.5 Å². The van der Waals surface area contributed by atoms with Gasteiger partial charge in [-0.25, -0.2) is 13.8 Å². The number of methoxy groups -OCH3 is 1. The number of nitrogens with zero attached hydrogens (tertiary/aromatic N) is 2. The van der Waals surface area contributed by atoms with Crippen LogP contribution in [0.5, 0.6) is 5.75 Å². The summed E-state index contributed by atoms with van der Waals surface area (Å²) in [5.74, 6) is -0.211. The highest BCUT2D eigenvalue weighted by Crippen LogP contribution is 2.31. The molecule has 0 saturated carbocycles.